The van der Waals surface area contributed by atoms with E-state index in [4.69, 9.17) is 11.6 Å². The summed E-state index contributed by atoms with van der Waals surface area (Å²) in [6, 6.07) is 0. The lowest BCUT2D eigenvalue weighted by molar-refractivity contribution is -0.123. The van der Waals surface area contributed by atoms with Gasteiger partial charge >= 0.3 is 0 Å². The number of rotatable bonds is 4. The van der Waals surface area contributed by atoms with Crippen LogP contribution in [0.2, 0.25) is 5.15 Å². The molecule has 0 aliphatic rings. The predicted molar refractivity (Wildman–Crippen MR) is 76.5 cm³/mol. The van der Waals surface area contributed by atoms with Crippen molar-refractivity contribution < 1.29 is 9.59 Å². The van der Waals surface area contributed by atoms with Gasteiger partial charge in [-0.15, -0.1) is 0 Å². The number of carbonyl (C=O) groups excluding carboxylic acids is 2. The van der Waals surface area contributed by atoms with Crippen LogP contribution >= 0.6 is 11.6 Å². The van der Waals surface area contributed by atoms with E-state index in [9.17, 15) is 9.59 Å². The lowest BCUT2D eigenvalue weighted by Gasteiger charge is -2.24. The van der Waals surface area contributed by atoms with E-state index < -0.39 is 0 Å². The molecule has 0 radical (unpaired) electrons. The summed E-state index contributed by atoms with van der Waals surface area (Å²) in [4.78, 5) is 33.2. The number of nitrogens with zero attached hydrogens (tertiary/aromatic N) is 3. The fourth-order valence-electron chi connectivity index (χ4n) is 1.54. The van der Waals surface area contributed by atoms with Crippen molar-refractivity contribution in [3.8, 4) is 0 Å². The van der Waals surface area contributed by atoms with Crippen molar-refractivity contribution in [2.24, 2.45) is 0 Å². The fraction of sp³-hybridized carbons (Fsp3) is 0.538. The smallest absolute Gasteiger partial charge is 0.274 e. The predicted octanol–water partition coefficient (Wildman–Crippen LogP) is 1.51. The first-order valence-corrected chi connectivity index (χ1v) is 6.68. The molecule has 1 rings (SSSR count). The van der Waals surface area contributed by atoms with Crippen LogP contribution in [0.1, 0.15) is 38.2 Å². The van der Waals surface area contributed by atoms with Crippen LogP contribution in [-0.2, 0) is 4.79 Å². The zero-order chi connectivity index (χ0) is 15.3. The first-order chi connectivity index (χ1) is 9.23. The van der Waals surface area contributed by atoms with Gasteiger partial charge in [-0.3, -0.25) is 9.59 Å². The summed E-state index contributed by atoms with van der Waals surface area (Å²) in [5, 5.41) is 3.03. The van der Waals surface area contributed by atoms with Crippen LogP contribution < -0.4 is 5.32 Å². The molecule has 0 saturated carbocycles. The molecule has 1 aromatic rings. The first kappa shape index (κ1) is 16.4. The monoisotopic (exact) mass is 298 g/mol. The zero-order valence-corrected chi connectivity index (χ0v) is 12.9. The number of hydrogen-bond donors (Lipinski definition) is 1. The number of aromatic nitrogens is 2. The van der Waals surface area contributed by atoms with E-state index in [0.717, 1.165) is 0 Å². The Morgan fingerprint density at radius 3 is 2.40 bits per heavy atom. The molecule has 1 N–H and O–H groups in total. The molecule has 6 nitrogen and oxygen atoms in total. The number of likely N-dealkylation sites (N-methyl/N-ethyl adjacent to an activating group) is 1. The molecule has 110 valence electrons. The minimum Gasteiger partial charge on any atom is -0.350 e. The second-order valence-electron chi connectivity index (χ2n) is 5.34. The average Bonchev–Trinajstić information content (AvgIpc) is 2.34. The molecule has 0 aromatic carbocycles. The Labute approximate surface area is 123 Å². The normalized spacial score (nSPS) is 11.1. The van der Waals surface area contributed by atoms with E-state index in [1.165, 1.54) is 17.3 Å². The maximum atomic E-state index is 12.2. The van der Waals surface area contributed by atoms with Crippen LogP contribution in [0.25, 0.3) is 0 Å². The number of amides is 2. The lowest BCUT2D eigenvalue weighted by Crippen LogP contribution is -2.47. The van der Waals surface area contributed by atoms with Crippen molar-refractivity contribution >= 4 is 23.4 Å². The Hall–Kier alpha value is -1.69. The Balaban J connectivity index is 2.73. The molecule has 20 heavy (non-hydrogen) atoms. The third-order valence-electron chi connectivity index (χ3n) is 2.36. The van der Waals surface area contributed by atoms with Gasteiger partial charge in [-0.1, -0.05) is 11.6 Å². The molecular weight excluding hydrogens is 280 g/mol. The number of halogens is 1. The molecule has 0 fully saturated rings. The summed E-state index contributed by atoms with van der Waals surface area (Å²) >= 11 is 5.62. The molecule has 7 heteroatoms. The third-order valence-corrected chi connectivity index (χ3v) is 2.55. The number of carbonyl (C=O) groups is 2. The minimum atomic E-state index is -0.347. The van der Waals surface area contributed by atoms with E-state index >= 15 is 0 Å². The fourth-order valence-corrected chi connectivity index (χ4v) is 1.64. The van der Waals surface area contributed by atoms with E-state index in [2.05, 4.69) is 15.3 Å². The van der Waals surface area contributed by atoms with Crippen LogP contribution in [0.4, 0.5) is 0 Å². The Kier molecular flexibility index (Phi) is 5.44. The molecule has 0 aliphatic carbocycles. The third kappa shape index (κ3) is 5.13. The number of nitrogens with one attached hydrogen (secondary N) is 1. The maximum Gasteiger partial charge on any atom is 0.274 e. The summed E-state index contributed by atoms with van der Waals surface area (Å²) in [7, 11) is 0. The van der Waals surface area contributed by atoms with Crippen LogP contribution in [0.3, 0.4) is 0 Å². The van der Waals surface area contributed by atoms with Gasteiger partial charge in [0.15, 0.2) is 0 Å². The summed E-state index contributed by atoms with van der Waals surface area (Å²) in [6.07, 6.45) is 2.60. The van der Waals surface area contributed by atoms with E-state index in [-0.39, 0.29) is 34.7 Å². The Bertz CT molecular complexity index is 482. The topological polar surface area (TPSA) is 75.2 Å². The Morgan fingerprint density at radius 1 is 1.30 bits per heavy atom. The SMILES string of the molecule is CCN(CC(=O)NC(C)(C)C)C(=O)c1cnc(Cl)cn1. The highest BCUT2D eigenvalue weighted by Gasteiger charge is 2.21. The highest BCUT2D eigenvalue weighted by atomic mass is 35.5. The molecule has 0 unspecified atom stereocenters. The van der Waals surface area contributed by atoms with Crippen molar-refractivity contribution in [3.05, 3.63) is 23.2 Å². The van der Waals surface area contributed by atoms with Crippen molar-refractivity contribution in [1.82, 2.24) is 20.2 Å². The van der Waals surface area contributed by atoms with E-state index in [0.29, 0.717) is 6.54 Å². The van der Waals surface area contributed by atoms with Crippen LogP contribution in [0, 0.1) is 0 Å². The lowest BCUT2D eigenvalue weighted by atomic mass is 10.1. The highest BCUT2D eigenvalue weighted by molar-refractivity contribution is 6.29. The summed E-state index contributed by atoms with van der Waals surface area (Å²) in [5.41, 5.74) is -0.167. The van der Waals surface area contributed by atoms with Crippen molar-refractivity contribution in [2.45, 2.75) is 33.2 Å². The molecule has 0 saturated heterocycles. The standard InChI is InChI=1S/C13H19ClN4O2/c1-5-18(8-11(19)17-13(2,3)4)12(20)9-6-16-10(14)7-15-9/h6-7H,5,8H2,1-4H3,(H,17,19). The molecule has 0 spiro atoms. The second-order valence-corrected chi connectivity index (χ2v) is 5.73. The van der Waals surface area contributed by atoms with Gasteiger partial charge in [0.25, 0.3) is 5.91 Å². The van der Waals surface area contributed by atoms with Gasteiger partial charge in [0.1, 0.15) is 10.8 Å². The molecular formula is C13H19ClN4O2. The van der Waals surface area contributed by atoms with Gasteiger partial charge < -0.3 is 10.2 Å². The molecule has 0 aliphatic heterocycles. The molecule has 2 amide bonds. The highest BCUT2D eigenvalue weighted by Crippen LogP contribution is 2.05. The minimum absolute atomic E-state index is 0.0170. The van der Waals surface area contributed by atoms with Gasteiger partial charge in [-0.2, -0.15) is 0 Å². The van der Waals surface area contributed by atoms with E-state index in [1.807, 2.05) is 20.8 Å². The molecule has 1 heterocycles. The Morgan fingerprint density at radius 2 is 1.95 bits per heavy atom. The van der Waals surface area contributed by atoms with Crippen LogP contribution in [0.15, 0.2) is 12.4 Å². The molecule has 1 aromatic heterocycles. The zero-order valence-electron chi connectivity index (χ0n) is 12.1. The summed E-state index contributed by atoms with van der Waals surface area (Å²) in [6.45, 7) is 7.83. The first-order valence-electron chi connectivity index (χ1n) is 6.30. The van der Waals surface area contributed by atoms with Gasteiger partial charge in [0.2, 0.25) is 5.91 Å². The average molecular weight is 299 g/mol. The molecule has 0 atom stereocenters. The van der Waals surface area contributed by atoms with Gasteiger partial charge in [-0.05, 0) is 27.7 Å². The molecule has 0 bridgehead atoms. The van der Waals surface area contributed by atoms with Gasteiger partial charge in [0.05, 0.1) is 18.9 Å². The van der Waals surface area contributed by atoms with Crippen molar-refractivity contribution in [2.75, 3.05) is 13.1 Å². The van der Waals surface area contributed by atoms with Crippen molar-refractivity contribution in [3.63, 3.8) is 0 Å². The maximum absolute atomic E-state index is 12.2. The number of hydrogen-bond acceptors (Lipinski definition) is 4. The van der Waals surface area contributed by atoms with Gasteiger partial charge in [-0.25, -0.2) is 9.97 Å². The summed E-state index contributed by atoms with van der Waals surface area (Å²) < 4.78 is 0. The second kappa shape index (κ2) is 6.65. The largest absolute Gasteiger partial charge is 0.350 e. The van der Waals surface area contributed by atoms with Crippen LogP contribution in [0.5, 0.6) is 0 Å². The van der Waals surface area contributed by atoms with Gasteiger partial charge in [0, 0.05) is 12.1 Å². The summed E-state index contributed by atoms with van der Waals surface area (Å²) in [5.74, 6) is -0.560. The van der Waals surface area contributed by atoms with E-state index in [1.54, 1.807) is 6.92 Å². The quantitative estimate of drug-likeness (QED) is 0.914. The van der Waals surface area contributed by atoms with Crippen molar-refractivity contribution in [1.29, 1.82) is 0 Å². The van der Waals surface area contributed by atoms with Crippen LogP contribution in [-0.4, -0.2) is 45.3 Å².